The summed E-state index contributed by atoms with van der Waals surface area (Å²) in [7, 11) is 1.69. The largest absolute Gasteiger partial charge is 0.592 e. The van der Waals surface area contributed by atoms with E-state index in [1.807, 2.05) is 32.0 Å². The number of aryl methyl sites for hydroxylation is 2. The first-order valence-corrected chi connectivity index (χ1v) is 11.6. The fourth-order valence-electron chi connectivity index (χ4n) is 4.46. The first kappa shape index (κ1) is 26.5. The highest BCUT2D eigenvalue weighted by atomic mass is 19.4. The van der Waals surface area contributed by atoms with Gasteiger partial charge in [0, 0.05) is 7.05 Å². The molecule has 0 saturated heterocycles. The van der Waals surface area contributed by atoms with Crippen LogP contribution in [-0.4, -0.2) is 32.5 Å². The van der Waals surface area contributed by atoms with Crippen LogP contribution in [0.3, 0.4) is 0 Å². The van der Waals surface area contributed by atoms with Gasteiger partial charge in [0.2, 0.25) is 0 Å². The van der Waals surface area contributed by atoms with E-state index in [0.717, 1.165) is 17.2 Å². The van der Waals surface area contributed by atoms with Crippen LogP contribution < -0.4 is 15.6 Å². The topological polar surface area (TPSA) is 112 Å². The van der Waals surface area contributed by atoms with Gasteiger partial charge in [0.15, 0.2) is 0 Å². The highest BCUT2D eigenvalue weighted by molar-refractivity contribution is 6.49. The van der Waals surface area contributed by atoms with E-state index in [9.17, 15) is 22.8 Å². The van der Waals surface area contributed by atoms with E-state index < -0.39 is 29.3 Å². The maximum absolute atomic E-state index is 13.4. The molecule has 1 aromatic heterocycles. The lowest BCUT2D eigenvalue weighted by Crippen LogP contribution is -2.28. The molecule has 8 nitrogen and oxygen atoms in total. The Morgan fingerprint density at radius 1 is 1.13 bits per heavy atom. The number of aromatic nitrogens is 2. The van der Waals surface area contributed by atoms with Gasteiger partial charge in [-0.25, -0.2) is 4.68 Å². The summed E-state index contributed by atoms with van der Waals surface area (Å²) < 4.78 is 44.9. The molecule has 4 N–H and O–H groups in total. The van der Waals surface area contributed by atoms with Gasteiger partial charge in [-0.15, -0.1) is 13.2 Å². The second-order valence-electron chi connectivity index (χ2n) is 8.93. The van der Waals surface area contributed by atoms with Crippen LogP contribution in [-0.2, 0) is 18.3 Å². The van der Waals surface area contributed by atoms with Crippen molar-refractivity contribution >= 4 is 23.1 Å². The van der Waals surface area contributed by atoms with Gasteiger partial charge in [0.1, 0.15) is 22.7 Å². The van der Waals surface area contributed by atoms with Crippen LogP contribution in [0.4, 0.5) is 18.9 Å². The minimum absolute atomic E-state index is 0.00368. The van der Waals surface area contributed by atoms with E-state index >= 15 is 0 Å². The Bertz CT molecular complexity index is 1570. The fourth-order valence-corrected chi connectivity index (χ4v) is 4.46. The maximum atomic E-state index is 13.4. The molecule has 0 atom stereocenters. The van der Waals surface area contributed by atoms with Crippen molar-refractivity contribution in [2.45, 2.75) is 33.6 Å². The number of amides is 1. The van der Waals surface area contributed by atoms with Crippen molar-refractivity contribution in [3.63, 3.8) is 0 Å². The normalized spacial score (nSPS) is 13.2. The molecule has 38 heavy (non-hydrogen) atoms. The molecule has 0 radical (unpaired) electrons. The van der Waals surface area contributed by atoms with Crippen molar-refractivity contribution in [3.8, 4) is 11.4 Å². The summed E-state index contributed by atoms with van der Waals surface area (Å²) in [5.41, 5.74) is 2.49. The molecule has 1 aliphatic rings. The number of hydrogen-bond acceptors (Lipinski definition) is 4. The number of allylic oxidation sites excluding steroid dienone is 2. The van der Waals surface area contributed by atoms with Crippen LogP contribution in [0.5, 0.6) is 5.75 Å². The molecular weight excluding hydrogens is 501 g/mol. The Kier molecular flexibility index (Phi) is 6.79. The molecule has 1 amide bonds. The van der Waals surface area contributed by atoms with E-state index in [-0.39, 0.29) is 29.0 Å². The van der Waals surface area contributed by atoms with Gasteiger partial charge in [-0.1, -0.05) is 24.3 Å². The molecule has 2 aromatic carbocycles. The summed E-state index contributed by atoms with van der Waals surface area (Å²) in [4.78, 5) is 26.5. The van der Waals surface area contributed by atoms with Crippen molar-refractivity contribution in [2.24, 2.45) is 7.05 Å². The zero-order chi connectivity index (χ0) is 27.9. The Balaban J connectivity index is 1.67. The minimum atomic E-state index is -4.86. The number of hydrogen-bond donors (Lipinski definition) is 2. The Morgan fingerprint density at radius 2 is 1.79 bits per heavy atom. The quantitative estimate of drug-likeness (QED) is 0.383. The number of alkyl halides is 3. The summed E-state index contributed by atoms with van der Waals surface area (Å²) >= 11 is 0. The molecular formula is C27H26F3N4O4+. The lowest BCUT2D eigenvalue weighted by Gasteiger charge is -2.13. The van der Waals surface area contributed by atoms with E-state index in [4.69, 9.17) is 10.5 Å². The van der Waals surface area contributed by atoms with Crippen LogP contribution >= 0.6 is 0 Å². The number of nitrogens with zero attached hydrogens (tertiary/aromatic N) is 2. The summed E-state index contributed by atoms with van der Waals surface area (Å²) in [6.45, 7) is 5.42. The number of carbonyl (C=O) groups is 1. The molecule has 1 heterocycles. The highest BCUT2D eigenvalue weighted by Gasteiger charge is 2.32. The highest BCUT2D eigenvalue weighted by Crippen LogP contribution is 2.31. The standard InChI is InChI=1S/C27H25F3N4O4/c1-14-7-5-8-15(2)23(14)34-26(37)22(16(3)33(34)4)32-25(36)21(31)20-10-6-9-17-13-18(38-27(28,29)30)11-12-19(17)24(20)35/h5-8,10-13,31,35H,9H2,1-4H3,(H,32,36)/p+1. The van der Waals surface area contributed by atoms with Crippen LogP contribution in [0, 0.1) is 26.2 Å². The van der Waals surface area contributed by atoms with Gasteiger partial charge in [0.25, 0.3) is 17.2 Å². The van der Waals surface area contributed by atoms with Crippen LogP contribution in [0.25, 0.3) is 11.4 Å². The van der Waals surface area contributed by atoms with Crippen LogP contribution in [0.2, 0.25) is 0 Å². The average molecular weight is 528 g/mol. The third-order valence-corrected chi connectivity index (χ3v) is 6.41. The van der Waals surface area contributed by atoms with Gasteiger partial charge < -0.3 is 15.2 Å². The van der Waals surface area contributed by atoms with Crippen molar-refractivity contribution in [1.29, 1.82) is 5.41 Å². The summed E-state index contributed by atoms with van der Waals surface area (Å²) in [6, 6.07) is 9.19. The molecule has 0 spiro atoms. The van der Waals surface area contributed by atoms with Gasteiger partial charge >= 0.3 is 6.36 Å². The molecule has 3 aromatic rings. The second-order valence-corrected chi connectivity index (χ2v) is 8.93. The van der Waals surface area contributed by atoms with Crippen LogP contribution in [0.15, 0.2) is 58.9 Å². The molecule has 11 heteroatoms. The van der Waals surface area contributed by atoms with Gasteiger partial charge in [-0.05, 0) is 68.2 Å². The Labute approximate surface area is 215 Å². The molecule has 0 aliphatic heterocycles. The molecule has 0 fully saturated rings. The molecule has 198 valence electrons. The van der Waals surface area contributed by atoms with Gasteiger partial charge in [-0.2, -0.15) is 0 Å². The summed E-state index contributed by atoms with van der Waals surface area (Å²) in [5, 5.41) is 19.6. The first-order chi connectivity index (χ1) is 17.8. The molecule has 0 saturated carbocycles. The number of benzene rings is 2. The molecule has 0 unspecified atom stereocenters. The number of halogens is 3. The number of fused-ring (bicyclic) bond motifs is 1. The van der Waals surface area contributed by atoms with E-state index in [1.165, 1.54) is 22.9 Å². The molecule has 1 aliphatic carbocycles. The number of para-hydroxylation sites is 1. The smallest absolute Gasteiger partial charge is 0.573 e. The Morgan fingerprint density at radius 3 is 2.42 bits per heavy atom. The predicted molar refractivity (Wildman–Crippen MR) is 138 cm³/mol. The number of anilines is 1. The van der Waals surface area contributed by atoms with E-state index in [1.54, 1.807) is 24.7 Å². The predicted octanol–water partition coefficient (Wildman–Crippen LogP) is 4.21. The molecule has 0 bridgehead atoms. The number of ether oxygens (including phenoxy) is 1. The lowest BCUT2D eigenvalue weighted by atomic mass is 10.0. The Hall–Kier alpha value is -4.54. The van der Waals surface area contributed by atoms with Crippen LogP contribution in [0.1, 0.15) is 27.9 Å². The number of rotatable bonds is 5. The summed E-state index contributed by atoms with van der Waals surface area (Å²) in [5.74, 6) is -1.52. The zero-order valence-corrected chi connectivity index (χ0v) is 21.1. The number of carbonyl (C=O) groups excluding carboxylic acids is 1. The monoisotopic (exact) mass is 527 g/mol. The minimum Gasteiger partial charge on any atom is -0.592 e. The third kappa shape index (κ3) is 4.86. The molecule has 4 rings (SSSR count). The lowest BCUT2D eigenvalue weighted by molar-refractivity contribution is -0.274. The zero-order valence-electron chi connectivity index (χ0n) is 21.1. The first-order valence-electron chi connectivity index (χ1n) is 11.6. The number of nitrogens with one attached hydrogen (secondary N) is 2. The van der Waals surface area contributed by atoms with Crippen molar-refractivity contribution < 1.29 is 27.8 Å². The van der Waals surface area contributed by atoms with E-state index in [0.29, 0.717) is 16.9 Å². The fraction of sp³-hybridized carbons (Fsp3) is 0.222. The third-order valence-electron chi connectivity index (χ3n) is 6.41. The van der Waals surface area contributed by atoms with Crippen molar-refractivity contribution in [1.82, 2.24) is 9.36 Å². The van der Waals surface area contributed by atoms with Crippen molar-refractivity contribution in [2.75, 3.05) is 5.32 Å². The second kappa shape index (κ2) is 9.73. The SMILES string of the molecule is Cc1cccc(C)c1-n1c(=O)c(NC(=O)C(=N)C2=C([OH2+])c3ccc(OC(F)(F)F)cc3CC=C2)c(C)n1C. The van der Waals surface area contributed by atoms with E-state index in [2.05, 4.69) is 10.1 Å². The van der Waals surface area contributed by atoms with Gasteiger partial charge in [0.05, 0.1) is 16.9 Å². The van der Waals surface area contributed by atoms with Gasteiger partial charge in [-0.3, -0.25) is 19.7 Å². The maximum Gasteiger partial charge on any atom is 0.573 e. The van der Waals surface area contributed by atoms with Crippen molar-refractivity contribution in [3.05, 3.63) is 92.4 Å². The average Bonchev–Trinajstić information content (AvgIpc) is 2.95. The summed E-state index contributed by atoms with van der Waals surface area (Å²) in [6.07, 6.45) is -1.73.